The van der Waals surface area contributed by atoms with Crippen LogP contribution in [0.3, 0.4) is 0 Å². The van der Waals surface area contributed by atoms with Crippen LogP contribution in [0.15, 0.2) is 41.3 Å². The van der Waals surface area contributed by atoms with E-state index in [1.807, 2.05) is 0 Å². The van der Waals surface area contributed by atoms with E-state index in [2.05, 4.69) is 0 Å². The molecule has 3 nitrogen and oxygen atoms in total. The van der Waals surface area contributed by atoms with Gasteiger partial charge in [-0.15, -0.1) is 0 Å². The third-order valence-corrected chi connectivity index (χ3v) is 5.34. The van der Waals surface area contributed by atoms with Crippen molar-refractivity contribution in [1.82, 2.24) is 0 Å². The lowest BCUT2D eigenvalue weighted by Crippen LogP contribution is -2.22. The van der Waals surface area contributed by atoms with Crippen molar-refractivity contribution in [2.24, 2.45) is 0 Å². The second-order valence-corrected chi connectivity index (χ2v) is 6.71. The van der Waals surface area contributed by atoms with E-state index in [0.717, 1.165) is 5.56 Å². The zero-order valence-electron chi connectivity index (χ0n) is 11.0. The quantitative estimate of drug-likeness (QED) is 0.882. The number of hydrogen-bond donors (Lipinski definition) is 1. The van der Waals surface area contributed by atoms with Gasteiger partial charge in [0.05, 0.1) is 26.5 Å². The van der Waals surface area contributed by atoms with Gasteiger partial charge in [-0.1, -0.05) is 17.7 Å². The lowest BCUT2D eigenvalue weighted by atomic mass is 10.1. The van der Waals surface area contributed by atoms with Gasteiger partial charge in [0.2, 0.25) is 0 Å². The summed E-state index contributed by atoms with van der Waals surface area (Å²) < 4.78 is 31.3. The zero-order valence-corrected chi connectivity index (χ0v) is 12.6. The molecule has 6 heteroatoms. The summed E-state index contributed by atoms with van der Waals surface area (Å²) in [5.41, 5.74) is 7.03. The fourth-order valence-electron chi connectivity index (χ4n) is 2.40. The van der Waals surface area contributed by atoms with Crippen LogP contribution in [0.1, 0.15) is 5.56 Å². The highest BCUT2D eigenvalue weighted by Crippen LogP contribution is 2.32. The van der Waals surface area contributed by atoms with E-state index in [9.17, 15) is 8.60 Å². The third-order valence-electron chi connectivity index (χ3n) is 3.33. The minimum absolute atomic E-state index is 0.265. The molecule has 110 valence electrons. The Morgan fingerprint density at radius 1 is 1.38 bits per heavy atom. The van der Waals surface area contributed by atoms with E-state index in [4.69, 9.17) is 22.1 Å². The molecule has 0 amide bonds. The highest BCUT2D eigenvalue weighted by molar-refractivity contribution is 7.85. The molecule has 0 fully saturated rings. The molecule has 2 unspecified atom stereocenters. The number of fused-ring (bicyclic) bond motifs is 1. The number of nitrogens with two attached hydrogens (primary N) is 1. The number of nitrogen functional groups attached to an aromatic ring is 1. The molecule has 0 radical (unpaired) electrons. The fourth-order valence-corrected chi connectivity index (χ4v) is 4.15. The molecule has 0 saturated heterocycles. The number of ether oxygens (including phenoxy) is 1. The molecular formula is C15H13ClFNO2S. The number of hydrogen-bond acceptors (Lipinski definition) is 3. The van der Waals surface area contributed by atoms with Gasteiger partial charge >= 0.3 is 0 Å². The molecule has 0 saturated carbocycles. The first-order valence-corrected chi connectivity index (χ1v) is 8.11. The Labute approximate surface area is 129 Å². The summed E-state index contributed by atoms with van der Waals surface area (Å²) in [7, 11) is -1.37. The second-order valence-electron chi connectivity index (χ2n) is 4.87. The average Bonchev–Trinajstić information content (AvgIpc) is 2.79. The normalized spacial score (nSPS) is 18.1. The summed E-state index contributed by atoms with van der Waals surface area (Å²) in [4.78, 5) is 0.435. The van der Waals surface area contributed by atoms with E-state index in [0.29, 0.717) is 27.8 Å². The van der Waals surface area contributed by atoms with Gasteiger partial charge in [-0.05, 0) is 30.3 Å². The molecule has 0 bridgehead atoms. The van der Waals surface area contributed by atoms with Crippen molar-refractivity contribution in [1.29, 1.82) is 0 Å². The number of rotatable bonds is 3. The SMILES string of the molecule is Nc1cccc(Cl)c1S(=O)CC1Cc2cc(F)ccc2O1. The second kappa shape index (κ2) is 5.66. The van der Waals surface area contributed by atoms with Gasteiger partial charge in [0.25, 0.3) is 0 Å². The Balaban J connectivity index is 1.76. The highest BCUT2D eigenvalue weighted by atomic mass is 35.5. The number of halogens is 2. The van der Waals surface area contributed by atoms with Crippen molar-refractivity contribution >= 4 is 28.1 Å². The van der Waals surface area contributed by atoms with Crippen molar-refractivity contribution < 1.29 is 13.3 Å². The maximum atomic E-state index is 13.2. The van der Waals surface area contributed by atoms with Crippen LogP contribution in [-0.2, 0) is 17.2 Å². The van der Waals surface area contributed by atoms with Gasteiger partial charge < -0.3 is 10.5 Å². The van der Waals surface area contributed by atoms with Crippen LogP contribution < -0.4 is 10.5 Å². The van der Waals surface area contributed by atoms with Crippen LogP contribution in [0, 0.1) is 5.82 Å². The lowest BCUT2D eigenvalue weighted by molar-refractivity contribution is 0.258. The van der Waals surface area contributed by atoms with Crippen molar-refractivity contribution in [3.05, 3.63) is 52.8 Å². The molecule has 2 aromatic rings. The van der Waals surface area contributed by atoms with Crippen LogP contribution in [0.5, 0.6) is 5.75 Å². The van der Waals surface area contributed by atoms with Gasteiger partial charge in [-0.25, -0.2) is 4.39 Å². The first-order chi connectivity index (χ1) is 10.0. The fraction of sp³-hybridized carbons (Fsp3) is 0.200. The molecule has 3 rings (SSSR count). The lowest BCUT2D eigenvalue weighted by Gasteiger charge is -2.12. The summed E-state index contributed by atoms with van der Waals surface area (Å²) in [6.45, 7) is 0. The monoisotopic (exact) mass is 325 g/mol. The summed E-state index contributed by atoms with van der Waals surface area (Å²) in [6, 6.07) is 9.43. The van der Waals surface area contributed by atoms with Crippen molar-refractivity contribution in [2.45, 2.75) is 17.4 Å². The summed E-state index contributed by atoms with van der Waals surface area (Å²) >= 11 is 6.06. The molecule has 21 heavy (non-hydrogen) atoms. The van der Waals surface area contributed by atoms with Gasteiger partial charge in [0, 0.05) is 17.7 Å². The van der Waals surface area contributed by atoms with Crippen molar-refractivity contribution in [3.8, 4) is 5.75 Å². The standard InChI is InChI=1S/C15H13ClFNO2S/c16-12-2-1-3-13(18)15(12)21(19)8-11-7-9-6-10(17)4-5-14(9)20-11/h1-6,11H,7-8,18H2. The van der Waals surface area contributed by atoms with E-state index in [1.54, 1.807) is 24.3 Å². The van der Waals surface area contributed by atoms with Crippen LogP contribution in [0.4, 0.5) is 10.1 Å². The number of benzene rings is 2. The molecule has 0 aromatic heterocycles. The molecule has 2 N–H and O–H groups in total. The first kappa shape index (κ1) is 14.4. The molecule has 2 atom stereocenters. The molecule has 1 aliphatic rings. The summed E-state index contributed by atoms with van der Waals surface area (Å²) in [5.74, 6) is 0.615. The first-order valence-electron chi connectivity index (χ1n) is 6.42. The predicted molar refractivity (Wildman–Crippen MR) is 81.7 cm³/mol. The Hall–Kier alpha value is -1.59. The largest absolute Gasteiger partial charge is 0.489 e. The van der Waals surface area contributed by atoms with E-state index >= 15 is 0 Å². The third kappa shape index (κ3) is 2.89. The topological polar surface area (TPSA) is 52.3 Å². The molecular weight excluding hydrogens is 313 g/mol. The maximum absolute atomic E-state index is 13.2. The Morgan fingerprint density at radius 2 is 2.19 bits per heavy atom. The van der Waals surface area contributed by atoms with Crippen LogP contribution in [0.25, 0.3) is 0 Å². The summed E-state index contributed by atoms with van der Waals surface area (Å²) in [5, 5.41) is 0.384. The summed E-state index contributed by atoms with van der Waals surface area (Å²) in [6.07, 6.45) is 0.265. The Kier molecular flexibility index (Phi) is 3.87. The molecule has 2 aromatic carbocycles. The molecule has 1 heterocycles. The zero-order chi connectivity index (χ0) is 15.0. The van der Waals surface area contributed by atoms with Gasteiger partial charge in [0.15, 0.2) is 0 Å². The van der Waals surface area contributed by atoms with E-state index in [1.165, 1.54) is 12.1 Å². The minimum Gasteiger partial charge on any atom is -0.489 e. The molecule has 0 spiro atoms. The Bertz CT molecular complexity index is 703. The van der Waals surface area contributed by atoms with E-state index < -0.39 is 10.8 Å². The maximum Gasteiger partial charge on any atom is 0.123 e. The minimum atomic E-state index is -1.37. The van der Waals surface area contributed by atoms with Crippen molar-refractivity contribution in [2.75, 3.05) is 11.5 Å². The van der Waals surface area contributed by atoms with Crippen LogP contribution >= 0.6 is 11.6 Å². The van der Waals surface area contributed by atoms with Crippen LogP contribution in [-0.4, -0.2) is 16.1 Å². The highest BCUT2D eigenvalue weighted by Gasteiger charge is 2.26. The smallest absolute Gasteiger partial charge is 0.123 e. The molecule has 1 aliphatic heterocycles. The van der Waals surface area contributed by atoms with Gasteiger partial charge in [0.1, 0.15) is 17.7 Å². The van der Waals surface area contributed by atoms with Crippen molar-refractivity contribution in [3.63, 3.8) is 0 Å². The Morgan fingerprint density at radius 3 is 2.95 bits per heavy atom. The number of anilines is 1. The van der Waals surface area contributed by atoms with Gasteiger partial charge in [-0.3, -0.25) is 4.21 Å². The predicted octanol–water partition coefficient (Wildman–Crippen LogP) is 3.17. The average molecular weight is 326 g/mol. The van der Waals surface area contributed by atoms with Crippen LogP contribution in [0.2, 0.25) is 5.02 Å². The van der Waals surface area contributed by atoms with E-state index in [-0.39, 0.29) is 17.7 Å². The molecule has 0 aliphatic carbocycles. The van der Waals surface area contributed by atoms with Gasteiger partial charge in [-0.2, -0.15) is 0 Å².